The maximum Gasteiger partial charge on any atom is 0.167 e. The summed E-state index contributed by atoms with van der Waals surface area (Å²) in [7, 11) is 0. The summed E-state index contributed by atoms with van der Waals surface area (Å²) < 4.78 is 0. The monoisotopic (exact) mass is 196 g/mol. The van der Waals surface area contributed by atoms with Gasteiger partial charge in [-0.25, -0.2) is 0 Å². The second kappa shape index (κ2) is 3.65. The molecule has 2 fully saturated rings. The Kier molecular flexibility index (Phi) is 2.65. The number of carbonyl (C=O) groups is 1. The van der Waals surface area contributed by atoms with Crippen LogP contribution in [0.4, 0.5) is 0 Å². The van der Waals surface area contributed by atoms with E-state index in [-0.39, 0.29) is 11.7 Å². The van der Waals surface area contributed by atoms with Crippen molar-refractivity contribution in [1.29, 1.82) is 0 Å². The largest absolute Gasteiger partial charge is 0.382 e. The number of Topliss-reactive ketones (excluding diaryl/α,β-unsaturated/α-hetero) is 1. The van der Waals surface area contributed by atoms with E-state index < -0.39 is 5.60 Å². The highest BCUT2D eigenvalue weighted by molar-refractivity contribution is 5.89. The van der Waals surface area contributed by atoms with E-state index in [0.717, 1.165) is 25.7 Å². The van der Waals surface area contributed by atoms with Crippen molar-refractivity contribution >= 4 is 5.78 Å². The van der Waals surface area contributed by atoms with Crippen LogP contribution < -0.4 is 0 Å². The van der Waals surface area contributed by atoms with E-state index in [1.165, 1.54) is 6.42 Å². The molecule has 1 N–H and O–H groups in total. The molecule has 0 aromatic carbocycles. The van der Waals surface area contributed by atoms with Crippen LogP contribution in [0.25, 0.3) is 0 Å². The highest BCUT2D eigenvalue weighted by atomic mass is 16.3. The number of aliphatic hydroxyl groups is 1. The van der Waals surface area contributed by atoms with Crippen molar-refractivity contribution in [1.82, 2.24) is 0 Å². The molecule has 0 aromatic heterocycles. The molecule has 0 bridgehead atoms. The van der Waals surface area contributed by atoms with Gasteiger partial charge in [-0.15, -0.1) is 0 Å². The van der Waals surface area contributed by atoms with Crippen molar-refractivity contribution < 1.29 is 9.90 Å². The molecule has 0 aromatic rings. The van der Waals surface area contributed by atoms with Crippen LogP contribution in [0.15, 0.2) is 0 Å². The Bertz CT molecular complexity index is 222. The molecule has 0 amide bonds. The highest BCUT2D eigenvalue weighted by Gasteiger charge is 2.43. The Morgan fingerprint density at radius 1 is 1.21 bits per heavy atom. The average molecular weight is 196 g/mol. The normalized spacial score (nSPS) is 39.1. The molecule has 0 radical (unpaired) electrons. The van der Waals surface area contributed by atoms with E-state index in [1.807, 2.05) is 0 Å². The molecule has 2 aliphatic rings. The van der Waals surface area contributed by atoms with Gasteiger partial charge in [-0.05, 0) is 44.4 Å². The van der Waals surface area contributed by atoms with Crippen LogP contribution in [0.3, 0.4) is 0 Å². The summed E-state index contributed by atoms with van der Waals surface area (Å²) in [5, 5.41) is 10.2. The van der Waals surface area contributed by atoms with Gasteiger partial charge in [0.25, 0.3) is 0 Å². The van der Waals surface area contributed by atoms with Gasteiger partial charge in [0.15, 0.2) is 5.78 Å². The minimum Gasteiger partial charge on any atom is -0.382 e. The molecule has 2 saturated carbocycles. The summed E-state index contributed by atoms with van der Waals surface area (Å²) in [6.45, 7) is 2.20. The highest BCUT2D eigenvalue weighted by Crippen LogP contribution is 2.38. The summed E-state index contributed by atoms with van der Waals surface area (Å²) in [5.41, 5.74) is -0.947. The molecular formula is C12H20O2. The fourth-order valence-electron chi connectivity index (χ4n) is 2.54. The fourth-order valence-corrected chi connectivity index (χ4v) is 2.54. The number of hydrogen-bond donors (Lipinski definition) is 1. The van der Waals surface area contributed by atoms with Gasteiger partial charge < -0.3 is 5.11 Å². The van der Waals surface area contributed by atoms with E-state index in [0.29, 0.717) is 18.8 Å². The van der Waals surface area contributed by atoms with Crippen molar-refractivity contribution in [2.75, 3.05) is 0 Å². The van der Waals surface area contributed by atoms with Crippen LogP contribution in [0, 0.1) is 11.8 Å². The smallest absolute Gasteiger partial charge is 0.167 e. The first-order chi connectivity index (χ1) is 6.62. The van der Waals surface area contributed by atoms with Gasteiger partial charge in [0.2, 0.25) is 0 Å². The Labute approximate surface area is 85.7 Å². The molecule has 80 valence electrons. The lowest BCUT2D eigenvalue weighted by Crippen LogP contribution is -2.46. The zero-order valence-corrected chi connectivity index (χ0v) is 8.96. The van der Waals surface area contributed by atoms with Crippen LogP contribution in [-0.4, -0.2) is 16.5 Å². The molecule has 0 heterocycles. The summed E-state index contributed by atoms with van der Waals surface area (Å²) in [6.07, 6.45) is 6.60. The first-order valence-corrected chi connectivity index (χ1v) is 5.88. The first-order valence-electron chi connectivity index (χ1n) is 5.88. The lowest BCUT2D eigenvalue weighted by molar-refractivity contribution is -0.148. The molecule has 14 heavy (non-hydrogen) atoms. The van der Waals surface area contributed by atoms with E-state index >= 15 is 0 Å². The number of rotatable bonds is 2. The average Bonchev–Trinajstić information content (AvgIpc) is 2.07. The predicted molar refractivity (Wildman–Crippen MR) is 54.9 cm³/mol. The zero-order chi connectivity index (χ0) is 10.2. The second-order valence-electron chi connectivity index (χ2n) is 5.21. The summed E-state index contributed by atoms with van der Waals surface area (Å²) >= 11 is 0. The molecule has 2 heteroatoms. The molecule has 0 spiro atoms. The molecule has 2 nitrogen and oxygen atoms in total. The van der Waals surface area contributed by atoms with Crippen molar-refractivity contribution in [2.24, 2.45) is 11.8 Å². The maximum absolute atomic E-state index is 12.0. The minimum atomic E-state index is -0.947. The lowest BCUT2D eigenvalue weighted by atomic mass is 9.69. The topological polar surface area (TPSA) is 37.3 Å². The molecule has 0 saturated heterocycles. The molecule has 0 unspecified atom stereocenters. The SMILES string of the molecule is CC1CCC(O)(C(=O)C2CCC2)CC1. The fraction of sp³-hybridized carbons (Fsp3) is 0.917. The molecular weight excluding hydrogens is 176 g/mol. The van der Waals surface area contributed by atoms with Crippen molar-refractivity contribution in [3.05, 3.63) is 0 Å². The van der Waals surface area contributed by atoms with Crippen LogP contribution in [0.2, 0.25) is 0 Å². The van der Waals surface area contributed by atoms with Gasteiger partial charge in [0.1, 0.15) is 5.60 Å². The van der Waals surface area contributed by atoms with Gasteiger partial charge in [-0.1, -0.05) is 13.3 Å². The van der Waals surface area contributed by atoms with E-state index in [2.05, 4.69) is 6.92 Å². The maximum atomic E-state index is 12.0. The molecule has 2 aliphatic carbocycles. The van der Waals surface area contributed by atoms with E-state index in [9.17, 15) is 9.90 Å². The molecule has 2 rings (SSSR count). The van der Waals surface area contributed by atoms with Crippen LogP contribution in [0.1, 0.15) is 51.9 Å². The quantitative estimate of drug-likeness (QED) is 0.735. The van der Waals surface area contributed by atoms with Gasteiger partial charge >= 0.3 is 0 Å². The van der Waals surface area contributed by atoms with Gasteiger partial charge in [-0.2, -0.15) is 0 Å². The minimum absolute atomic E-state index is 0.149. The molecule has 0 atom stereocenters. The number of ketones is 1. The third kappa shape index (κ3) is 1.72. The van der Waals surface area contributed by atoms with Crippen LogP contribution >= 0.6 is 0 Å². The van der Waals surface area contributed by atoms with E-state index in [4.69, 9.17) is 0 Å². The third-order valence-electron chi connectivity index (χ3n) is 4.04. The summed E-state index contributed by atoms with van der Waals surface area (Å²) in [4.78, 5) is 12.0. The third-order valence-corrected chi connectivity index (χ3v) is 4.04. The van der Waals surface area contributed by atoms with Crippen LogP contribution in [0.5, 0.6) is 0 Å². The Morgan fingerprint density at radius 2 is 1.79 bits per heavy atom. The number of carbonyl (C=O) groups excluding carboxylic acids is 1. The van der Waals surface area contributed by atoms with Crippen molar-refractivity contribution in [3.63, 3.8) is 0 Å². The first kappa shape index (κ1) is 10.2. The van der Waals surface area contributed by atoms with Crippen molar-refractivity contribution in [2.45, 2.75) is 57.5 Å². The Hall–Kier alpha value is -0.370. The summed E-state index contributed by atoms with van der Waals surface area (Å²) in [5.74, 6) is 1.02. The predicted octanol–water partition coefficient (Wildman–Crippen LogP) is 2.30. The van der Waals surface area contributed by atoms with Crippen LogP contribution in [-0.2, 0) is 4.79 Å². The van der Waals surface area contributed by atoms with Gasteiger partial charge in [0.05, 0.1) is 0 Å². The molecule has 0 aliphatic heterocycles. The Balaban J connectivity index is 1.97. The second-order valence-corrected chi connectivity index (χ2v) is 5.21. The van der Waals surface area contributed by atoms with E-state index in [1.54, 1.807) is 0 Å². The standard InChI is InChI=1S/C12H20O2/c1-9-5-7-12(14,8-6-9)11(13)10-3-2-4-10/h9-10,14H,2-8H2,1H3. The Morgan fingerprint density at radius 3 is 2.21 bits per heavy atom. The van der Waals surface area contributed by atoms with Gasteiger partial charge in [-0.3, -0.25) is 4.79 Å². The van der Waals surface area contributed by atoms with Gasteiger partial charge in [0, 0.05) is 5.92 Å². The zero-order valence-electron chi connectivity index (χ0n) is 8.96. The lowest BCUT2D eigenvalue weighted by Gasteiger charge is -2.38. The summed E-state index contributed by atoms with van der Waals surface area (Å²) in [6, 6.07) is 0. The number of hydrogen-bond acceptors (Lipinski definition) is 2. The van der Waals surface area contributed by atoms with Crippen molar-refractivity contribution in [3.8, 4) is 0 Å².